The van der Waals surface area contributed by atoms with Crippen molar-refractivity contribution in [1.29, 1.82) is 0 Å². The van der Waals surface area contributed by atoms with Crippen LogP contribution in [-0.4, -0.2) is 32.5 Å². The van der Waals surface area contributed by atoms with Gasteiger partial charge in [-0.2, -0.15) is 0 Å². The van der Waals surface area contributed by atoms with Crippen LogP contribution in [-0.2, 0) is 26.2 Å². The molecule has 1 aromatic rings. The van der Waals surface area contributed by atoms with E-state index in [1.165, 1.54) is 0 Å². The summed E-state index contributed by atoms with van der Waals surface area (Å²) in [5.41, 5.74) is 20.1. The molecule has 23 heavy (non-hydrogen) atoms. The molecule has 0 unspecified atom stereocenters. The van der Waals surface area contributed by atoms with E-state index < -0.39 is 15.9 Å². The predicted octanol–water partition coefficient (Wildman–Crippen LogP) is 5.59. The average Bonchev–Trinajstić information content (AvgIpc) is 2.60. The van der Waals surface area contributed by atoms with Gasteiger partial charge in [0.25, 0.3) is 0 Å². The van der Waals surface area contributed by atoms with Crippen LogP contribution in [0.5, 0.6) is 0 Å². The van der Waals surface area contributed by atoms with Crippen LogP contribution in [0.3, 0.4) is 0 Å². The molecule has 0 fully saturated rings. The maximum absolute atomic E-state index is 11.7. The molecule has 0 aliphatic heterocycles. The average molecular weight is 465 g/mol. The summed E-state index contributed by atoms with van der Waals surface area (Å²) in [6, 6.07) is 7.44. The van der Waals surface area contributed by atoms with Gasteiger partial charge in [0.1, 0.15) is 0 Å². The maximum atomic E-state index is 11.7. The molecule has 0 heterocycles. The van der Waals surface area contributed by atoms with Crippen LogP contribution >= 0.6 is 0 Å². The van der Waals surface area contributed by atoms with Gasteiger partial charge in [-0.05, 0) is 0 Å². The van der Waals surface area contributed by atoms with Crippen molar-refractivity contribution in [2.45, 2.75) is 78.9 Å². The van der Waals surface area contributed by atoms with Gasteiger partial charge < -0.3 is 17.2 Å². The molecule has 0 saturated carbocycles. The third kappa shape index (κ3) is 104. The Bertz CT molecular complexity index is 290. The summed E-state index contributed by atoms with van der Waals surface area (Å²) in [7, 11) is 0. The third-order valence-corrected chi connectivity index (χ3v) is 2.52. The van der Waals surface area contributed by atoms with E-state index in [-0.39, 0.29) is 42.8 Å². The summed E-state index contributed by atoms with van der Waals surface area (Å²) in [5.74, 6) is 0. The van der Waals surface area contributed by atoms with E-state index >= 15 is 0 Å². The number of nitrogens with one attached hydrogen (secondary N) is 3. The molecule has 0 aliphatic rings. The van der Waals surface area contributed by atoms with E-state index in [1.54, 1.807) is 0 Å². The zero-order valence-electron chi connectivity index (χ0n) is 16.4. The van der Waals surface area contributed by atoms with Crippen molar-refractivity contribution in [3.63, 3.8) is 0 Å². The van der Waals surface area contributed by atoms with Crippen LogP contribution in [0.15, 0.2) is 24.3 Å². The van der Waals surface area contributed by atoms with Gasteiger partial charge in [-0.3, -0.25) is 0 Å². The second-order valence-electron chi connectivity index (χ2n) is 8.18. The first-order valence-electron chi connectivity index (χ1n) is 7.45. The summed E-state index contributed by atoms with van der Waals surface area (Å²) in [4.78, 5) is 0. The first-order chi connectivity index (χ1) is 9.43. The van der Waals surface area contributed by atoms with Crippen LogP contribution < -0.4 is 4.40 Å². The fourth-order valence-corrected chi connectivity index (χ4v) is 1.45. The zero-order valence-corrected chi connectivity index (χ0v) is 21.8. The minimum atomic E-state index is -1.73. The van der Waals surface area contributed by atoms with Crippen LogP contribution in [0, 0.1) is 0 Å². The standard InChI is InChI=1S/C5H6FGe.3C4H10N.Zr/c6-7-5-3-1-2-4-5;3*1-4(2,3)5;/h1-4H,7H2;3*5H,1-3H3;/q4*-1;+4. The first kappa shape index (κ1) is 31.4. The van der Waals surface area contributed by atoms with Crippen molar-refractivity contribution in [3.8, 4) is 0 Å². The Balaban J connectivity index is -0.000000105. The minimum Gasteiger partial charge on any atom is 4.00 e. The maximum Gasteiger partial charge on any atom is 4.00 e. The largest absolute Gasteiger partial charge is 4.00 e. The fraction of sp³-hybridized carbons (Fsp3) is 0.706. The van der Waals surface area contributed by atoms with E-state index in [2.05, 4.69) is 0 Å². The Morgan fingerprint density at radius 3 is 0.957 bits per heavy atom. The Morgan fingerprint density at radius 2 is 0.870 bits per heavy atom. The summed E-state index contributed by atoms with van der Waals surface area (Å²) >= 11 is -1.73. The van der Waals surface area contributed by atoms with Gasteiger partial charge in [0.15, 0.2) is 0 Å². The van der Waals surface area contributed by atoms with Crippen molar-refractivity contribution < 1.29 is 29.7 Å². The van der Waals surface area contributed by atoms with Crippen LogP contribution in [0.4, 0.5) is 3.50 Å². The molecule has 0 spiro atoms. The minimum absolute atomic E-state index is 0. The van der Waals surface area contributed by atoms with Gasteiger partial charge in [-0.25, -0.2) is 0 Å². The molecule has 6 heteroatoms. The topological polar surface area (TPSA) is 71.4 Å². The van der Waals surface area contributed by atoms with Gasteiger partial charge in [0.05, 0.1) is 0 Å². The number of halogens is 1. The zero-order chi connectivity index (χ0) is 18.6. The molecule has 1 rings (SSSR count). The van der Waals surface area contributed by atoms with Crippen molar-refractivity contribution in [2.24, 2.45) is 0 Å². The summed E-state index contributed by atoms with van der Waals surface area (Å²) in [5, 5.41) is 0. The molecule has 0 saturated heterocycles. The predicted molar refractivity (Wildman–Crippen MR) is 104 cm³/mol. The SMILES string of the molecule is CC(C)(C)[NH-].CC(C)(C)[NH-].CC(C)(C)[NH-].[F][GeH2][c-]1cccc1.[Zr+4]. The van der Waals surface area contributed by atoms with Gasteiger partial charge in [0, 0.05) is 0 Å². The molecular formula is C17H36FGeN3Zr. The summed E-state index contributed by atoms with van der Waals surface area (Å²) < 4.78 is 12.7. The second kappa shape index (κ2) is 14.9. The third-order valence-electron chi connectivity index (χ3n) is 0.886. The normalized spacial score (nSPS) is 11.2. The molecule has 3 N–H and O–H groups in total. The van der Waals surface area contributed by atoms with Crippen molar-refractivity contribution in [2.75, 3.05) is 0 Å². The Kier molecular flexibility index (Phi) is 20.3. The number of rotatable bonds is 1. The van der Waals surface area contributed by atoms with Crippen molar-refractivity contribution in [1.82, 2.24) is 0 Å². The van der Waals surface area contributed by atoms with Crippen LogP contribution in [0.1, 0.15) is 62.3 Å². The van der Waals surface area contributed by atoms with Gasteiger partial charge >= 0.3 is 74.3 Å². The smallest absolute Gasteiger partial charge is 4.00 e. The summed E-state index contributed by atoms with van der Waals surface area (Å²) in [6.07, 6.45) is 0. The van der Waals surface area contributed by atoms with E-state index in [0.29, 0.717) is 0 Å². The van der Waals surface area contributed by atoms with Gasteiger partial charge in [-0.1, -0.05) is 62.3 Å². The molecule has 3 nitrogen and oxygen atoms in total. The van der Waals surface area contributed by atoms with Gasteiger partial charge in [-0.15, -0.1) is 16.6 Å². The molecule has 0 aromatic heterocycles. The van der Waals surface area contributed by atoms with Crippen molar-refractivity contribution in [3.05, 3.63) is 41.5 Å². The monoisotopic (exact) mass is 465 g/mol. The molecule has 0 radical (unpaired) electrons. The first-order valence-corrected chi connectivity index (χ1v) is 10.1. The Labute approximate surface area is 169 Å². The quantitative estimate of drug-likeness (QED) is 0.383. The number of hydrogen-bond donors (Lipinski definition) is 0. The van der Waals surface area contributed by atoms with Gasteiger partial charge in [0.2, 0.25) is 0 Å². The molecule has 0 amide bonds. The van der Waals surface area contributed by atoms with E-state index in [0.717, 1.165) is 4.40 Å². The molecule has 0 aliphatic carbocycles. The molecular weight excluding hydrogens is 429 g/mol. The van der Waals surface area contributed by atoms with Crippen LogP contribution in [0.2, 0.25) is 0 Å². The fourth-order valence-electron chi connectivity index (χ4n) is 0.503. The molecule has 1 aromatic carbocycles. The van der Waals surface area contributed by atoms with E-state index in [4.69, 9.17) is 17.2 Å². The van der Waals surface area contributed by atoms with Crippen molar-refractivity contribution >= 4 is 20.3 Å². The Morgan fingerprint density at radius 1 is 0.696 bits per heavy atom. The number of hydrogen-bond acceptors (Lipinski definition) is 0. The molecule has 0 atom stereocenters. The Hall–Kier alpha value is 0.586. The van der Waals surface area contributed by atoms with Crippen LogP contribution in [0.25, 0.3) is 17.2 Å². The summed E-state index contributed by atoms with van der Waals surface area (Å²) in [6.45, 7) is 16.7. The molecule has 0 bridgehead atoms. The van der Waals surface area contributed by atoms with E-state index in [1.807, 2.05) is 86.6 Å². The second-order valence-corrected chi connectivity index (χ2v) is 10.5. The van der Waals surface area contributed by atoms with E-state index in [9.17, 15) is 3.50 Å². The molecule has 134 valence electrons.